The molecule has 3 rings (SSSR count). The molecule has 0 fully saturated rings. The first kappa shape index (κ1) is 14.1. The first-order valence-corrected chi connectivity index (χ1v) is 8.04. The topological polar surface area (TPSA) is 72.7 Å². The van der Waals surface area contributed by atoms with Gasteiger partial charge in [-0.25, -0.2) is 0 Å². The molecule has 2 heterocycles. The van der Waals surface area contributed by atoms with E-state index in [2.05, 4.69) is 43.3 Å². The van der Waals surface area contributed by atoms with E-state index in [1.54, 1.807) is 0 Å². The molecular formula is C13H10IN5OS. The number of carbonyl (C=O) groups excluding carboxylic acids is 1. The molecule has 0 spiro atoms. The van der Waals surface area contributed by atoms with Gasteiger partial charge in [-0.05, 0) is 63.5 Å². The van der Waals surface area contributed by atoms with Crippen molar-refractivity contribution in [2.24, 2.45) is 0 Å². The molecule has 2 aromatic heterocycles. The number of anilines is 1. The minimum atomic E-state index is -0.189. The van der Waals surface area contributed by atoms with Crippen LogP contribution in [-0.4, -0.2) is 26.1 Å². The Labute approximate surface area is 138 Å². The first-order chi connectivity index (χ1) is 10.2. The summed E-state index contributed by atoms with van der Waals surface area (Å²) in [5.41, 5.74) is 0.749. The number of nitrogens with one attached hydrogen (secondary N) is 1. The third kappa shape index (κ3) is 3.64. The lowest BCUT2D eigenvalue weighted by Crippen LogP contribution is -2.20. The number of hydrogen-bond acceptors (Lipinski definition) is 5. The summed E-state index contributed by atoms with van der Waals surface area (Å²) in [5.74, 6) is 0.346. The zero-order chi connectivity index (χ0) is 14.7. The van der Waals surface area contributed by atoms with Crippen molar-refractivity contribution in [3.63, 3.8) is 0 Å². The molecule has 0 aliphatic carbocycles. The van der Waals surface area contributed by atoms with Crippen molar-refractivity contribution in [2.75, 3.05) is 5.32 Å². The molecule has 0 atom stereocenters. The SMILES string of the molecule is O=C(Cn1nnc(-c2cccs2)n1)Nc1ccc(I)cc1. The number of halogens is 1. The molecule has 6 nitrogen and oxygen atoms in total. The third-order valence-electron chi connectivity index (χ3n) is 2.61. The van der Waals surface area contributed by atoms with Crippen LogP contribution in [-0.2, 0) is 11.3 Å². The Hall–Kier alpha value is -1.81. The summed E-state index contributed by atoms with van der Waals surface area (Å²) in [5, 5.41) is 16.8. The molecule has 0 aliphatic rings. The molecule has 1 N–H and O–H groups in total. The van der Waals surface area contributed by atoms with Crippen LogP contribution in [0.3, 0.4) is 0 Å². The van der Waals surface area contributed by atoms with E-state index >= 15 is 0 Å². The monoisotopic (exact) mass is 411 g/mol. The number of benzene rings is 1. The lowest BCUT2D eigenvalue weighted by atomic mass is 10.3. The second-order valence-electron chi connectivity index (χ2n) is 4.18. The first-order valence-electron chi connectivity index (χ1n) is 6.08. The summed E-state index contributed by atoms with van der Waals surface area (Å²) in [4.78, 5) is 14.1. The molecule has 0 radical (unpaired) electrons. The number of carbonyl (C=O) groups is 1. The molecule has 3 aromatic rings. The molecule has 0 unspecified atom stereocenters. The number of hydrogen-bond donors (Lipinski definition) is 1. The maximum atomic E-state index is 11.9. The van der Waals surface area contributed by atoms with Crippen molar-refractivity contribution in [1.82, 2.24) is 20.2 Å². The normalized spacial score (nSPS) is 10.5. The van der Waals surface area contributed by atoms with Crippen LogP contribution in [0.25, 0.3) is 10.7 Å². The fourth-order valence-electron chi connectivity index (χ4n) is 1.68. The third-order valence-corrected chi connectivity index (χ3v) is 4.19. The summed E-state index contributed by atoms with van der Waals surface area (Å²) in [7, 11) is 0. The van der Waals surface area contributed by atoms with Crippen LogP contribution in [0.1, 0.15) is 0 Å². The maximum Gasteiger partial charge on any atom is 0.248 e. The van der Waals surface area contributed by atoms with Crippen LogP contribution in [0.15, 0.2) is 41.8 Å². The minimum absolute atomic E-state index is 0.0321. The Balaban J connectivity index is 1.64. The van der Waals surface area contributed by atoms with E-state index in [0.29, 0.717) is 5.82 Å². The average molecular weight is 411 g/mol. The molecule has 0 aliphatic heterocycles. The van der Waals surface area contributed by atoms with Crippen LogP contribution in [0, 0.1) is 3.57 Å². The van der Waals surface area contributed by atoms with Crippen molar-refractivity contribution in [3.05, 3.63) is 45.3 Å². The van der Waals surface area contributed by atoms with Gasteiger partial charge in [0, 0.05) is 9.26 Å². The summed E-state index contributed by atoms with van der Waals surface area (Å²) in [6, 6.07) is 11.4. The van der Waals surface area contributed by atoms with Gasteiger partial charge >= 0.3 is 0 Å². The van der Waals surface area contributed by atoms with E-state index in [1.165, 1.54) is 16.1 Å². The Morgan fingerprint density at radius 2 is 2.10 bits per heavy atom. The largest absolute Gasteiger partial charge is 0.324 e. The minimum Gasteiger partial charge on any atom is -0.324 e. The number of aromatic nitrogens is 4. The van der Waals surface area contributed by atoms with E-state index in [-0.39, 0.29) is 12.5 Å². The van der Waals surface area contributed by atoms with Gasteiger partial charge in [0.25, 0.3) is 0 Å². The van der Waals surface area contributed by atoms with Crippen LogP contribution in [0.5, 0.6) is 0 Å². The molecule has 0 saturated carbocycles. The molecule has 0 saturated heterocycles. The lowest BCUT2D eigenvalue weighted by molar-refractivity contribution is -0.117. The number of amides is 1. The Kier molecular flexibility index (Phi) is 4.25. The van der Waals surface area contributed by atoms with Crippen LogP contribution in [0.2, 0.25) is 0 Å². The van der Waals surface area contributed by atoms with Gasteiger partial charge in [-0.1, -0.05) is 6.07 Å². The van der Waals surface area contributed by atoms with Gasteiger partial charge in [0.15, 0.2) is 0 Å². The number of tetrazole rings is 1. The second-order valence-corrected chi connectivity index (χ2v) is 6.37. The lowest BCUT2D eigenvalue weighted by Gasteiger charge is -2.04. The van der Waals surface area contributed by atoms with E-state index in [4.69, 9.17) is 0 Å². The summed E-state index contributed by atoms with van der Waals surface area (Å²) in [6.07, 6.45) is 0. The Bertz CT molecular complexity index is 738. The summed E-state index contributed by atoms with van der Waals surface area (Å²) < 4.78 is 1.11. The fourth-order valence-corrected chi connectivity index (χ4v) is 2.68. The van der Waals surface area contributed by atoms with Crippen LogP contribution < -0.4 is 5.32 Å². The van der Waals surface area contributed by atoms with Crippen molar-refractivity contribution >= 4 is 45.5 Å². The average Bonchev–Trinajstić information content (AvgIpc) is 3.12. The van der Waals surface area contributed by atoms with Gasteiger partial charge < -0.3 is 5.32 Å². The highest BCUT2D eigenvalue weighted by molar-refractivity contribution is 14.1. The fraction of sp³-hybridized carbons (Fsp3) is 0.0769. The smallest absolute Gasteiger partial charge is 0.248 e. The van der Waals surface area contributed by atoms with E-state index in [1.807, 2.05) is 41.8 Å². The molecule has 21 heavy (non-hydrogen) atoms. The van der Waals surface area contributed by atoms with Gasteiger partial charge in [0.2, 0.25) is 11.7 Å². The molecular weight excluding hydrogens is 401 g/mol. The Morgan fingerprint density at radius 3 is 2.81 bits per heavy atom. The summed E-state index contributed by atoms with van der Waals surface area (Å²) >= 11 is 3.74. The van der Waals surface area contributed by atoms with E-state index < -0.39 is 0 Å². The van der Waals surface area contributed by atoms with Gasteiger partial charge in [-0.15, -0.1) is 21.5 Å². The van der Waals surface area contributed by atoms with E-state index in [0.717, 1.165) is 14.1 Å². The zero-order valence-electron chi connectivity index (χ0n) is 10.7. The van der Waals surface area contributed by atoms with Crippen molar-refractivity contribution in [1.29, 1.82) is 0 Å². The van der Waals surface area contributed by atoms with Gasteiger partial charge in [-0.2, -0.15) is 4.80 Å². The molecule has 1 aromatic carbocycles. The molecule has 1 amide bonds. The zero-order valence-corrected chi connectivity index (χ0v) is 13.7. The van der Waals surface area contributed by atoms with Gasteiger partial charge in [0.05, 0.1) is 4.88 Å². The quantitative estimate of drug-likeness (QED) is 0.671. The molecule has 8 heteroatoms. The van der Waals surface area contributed by atoms with Crippen molar-refractivity contribution in [2.45, 2.75) is 6.54 Å². The number of thiophene rings is 1. The second kappa shape index (κ2) is 6.31. The number of rotatable bonds is 4. The number of nitrogens with zero attached hydrogens (tertiary/aromatic N) is 4. The van der Waals surface area contributed by atoms with Crippen LogP contribution in [0.4, 0.5) is 5.69 Å². The standard InChI is InChI=1S/C13H10IN5OS/c14-9-3-5-10(6-4-9)15-12(20)8-19-17-13(16-18-19)11-2-1-7-21-11/h1-7H,8H2,(H,15,20). The highest BCUT2D eigenvalue weighted by Crippen LogP contribution is 2.19. The van der Waals surface area contributed by atoms with Gasteiger partial charge in [0.1, 0.15) is 6.54 Å². The van der Waals surface area contributed by atoms with E-state index in [9.17, 15) is 4.79 Å². The van der Waals surface area contributed by atoms with Gasteiger partial charge in [-0.3, -0.25) is 4.79 Å². The summed E-state index contributed by atoms with van der Waals surface area (Å²) in [6.45, 7) is 0.0321. The Morgan fingerprint density at radius 1 is 1.29 bits per heavy atom. The predicted molar refractivity (Wildman–Crippen MR) is 88.9 cm³/mol. The van der Waals surface area contributed by atoms with Crippen LogP contribution >= 0.6 is 33.9 Å². The van der Waals surface area contributed by atoms with Crippen molar-refractivity contribution < 1.29 is 4.79 Å². The predicted octanol–water partition coefficient (Wildman–Crippen LogP) is 2.64. The maximum absolute atomic E-state index is 11.9. The molecule has 0 bridgehead atoms. The highest BCUT2D eigenvalue weighted by atomic mass is 127. The van der Waals surface area contributed by atoms with Crippen molar-refractivity contribution in [3.8, 4) is 10.7 Å². The molecule has 106 valence electrons. The highest BCUT2D eigenvalue weighted by Gasteiger charge is 2.10.